The van der Waals surface area contributed by atoms with Gasteiger partial charge in [-0.3, -0.25) is 10.4 Å². The molecule has 0 saturated heterocycles. The topological polar surface area (TPSA) is 79.9 Å². The highest BCUT2D eigenvalue weighted by Gasteiger charge is 2.09. The first kappa shape index (κ1) is 13.1. The lowest BCUT2D eigenvalue weighted by Crippen LogP contribution is -2.15. The maximum absolute atomic E-state index is 11.4. The second-order valence-electron chi connectivity index (χ2n) is 3.99. The molecular formula is C13H16N4O2. The Labute approximate surface area is 111 Å². The smallest absolute Gasteiger partial charge is 0.414 e. The van der Waals surface area contributed by atoms with Gasteiger partial charge in [0.15, 0.2) is 5.82 Å². The molecule has 1 aromatic carbocycles. The molecule has 0 aliphatic carbocycles. The molecule has 1 aromatic heterocycles. The molecule has 2 aromatic rings. The Bertz CT molecular complexity index is 524. The van der Waals surface area contributed by atoms with Gasteiger partial charge < -0.3 is 4.74 Å². The fourth-order valence-electron chi connectivity index (χ4n) is 1.48. The first-order valence-electron chi connectivity index (χ1n) is 6.21. The van der Waals surface area contributed by atoms with Crippen molar-refractivity contribution in [3.05, 3.63) is 30.3 Å². The van der Waals surface area contributed by atoms with Crippen LogP contribution < -0.4 is 5.32 Å². The lowest BCUT2D eigenvalue weighted by Gasteiger charge is -2.02. The van der Waals surface area contributed by atoms with Crippen molar-refractivity contribution in [3.8, 4) is 11.4 Å². The number of hydrogen-bond donors (Lipinski definition) is 2. The van der Waals surface area contributed by atoms with Crippen LogP contribution in [0.25, 0.3) is 11.4 Å². The van der Waals surface area contributed by atoms with Gasteiger partial charge in [-0.15, -0.1) is 5.10 Å². The molecule has 0 unspecified atom stereocenters. The van der Waals surface area contributed by atoms with E-state index < -0.39 is 6.09 Å². The maximum Gasteiger partial charge on any atom is 0.414 e. The molecule has 6 heteroatoms. The highest BCUT2D eigenvalue weighted by molar-refractivity contribution is 5.82. The molecule has 0 atom stereocenters. The largest absolute Gasteiger partial charge is 0.449 e. The summed E-state index contributed by atoms with van der Waals surface area (Å²) >= 11 is 0. The van der Waals surface area contributed by atoms with Gasteiger partial charge in [-0.2, -0.15) is 4.98 Å². The number of anilines is 1. The van der Waals surface area contributed by atoms with Gasteiger partial charge in [-0.05, 0) is 6.42 Å². The van der Waals surface area contributed by atoms with Gasteiger partial charge in [0.25, 0.3) is 5.95 Å². The van der Waals surface area contributed by atoms with Crippen molar-refractivity contribution in [1.82, 2.24) is 15.2 Å². The minimum absolute atomic E-state index is 0.209. The number of H-pyrrole nitrogens is 1. The van der Waals surface area contributed by atoms with E-state index in [-0.39, 0.29) is 5.95 Å². The summed E-state index contributed by atoms with van der Waals surface area (Å²) < 4.78 is 4.96. The zero-order valence-corrected chi connectivity index (χ0v) is 10.7. The second kappa shape index (κ2) is 6.53. The molecule has 2 N–H and O–H groups in total. The number of amides is 1. The molecule has 0 aliphatic heterocycles. The average molecular weight is 260 g/mol. The number of unbranched alkanes of at least 4 members (excludes halogenated alkanes) is 1. The predicted molar refractivity (Wildman–Crippen MR) is 71.7 cm³/mol. The molecule has 0 saturated carbocycles. The van der Waals surface area contributed by atoms with E-state index in [9.17, 15) is 4.79 Å². The van der Waals surface area contributed by atoms with E-state index in [2.05, 4.69) is 20.5 Å². The Morgan fingerprint density at radius 3 is 2.89 bits per heavy atom. The molecule has 0 aliphatic rings. The summed E-state index contributed by atoms with van der Waals surface area (Å²) in [6.07, 6.45) is 1.29. The third kappa shape index (κ3) is 3.80. The number of benzene rings is 1. The quantitative estimate of drug-likeness (QED) is 0.810. The zero-order valence-electron chi connectivity index (χ0n) is 10.7. The second-order valence-corrected chi connectivity index (χ2v) is 3.99. The number of rotatable bonds is 5. The lowest BCUT2D eigenvalue weighted by atomic mass is 10.2. The van der Waals surface area contributed by atoms with Crippen LogP contribution in [0.15, 0.2) is 30.3 Å². The Balaban J connectivity index is 1.93. The highest BCUT2D eigenvalue weighted by Crippen LogP contribution is 2.14. The molecule has 0 radical (unpaired) electrons. The van der Waals surface area contributed by atoms with Crippen molar-refractivity contribution in [1.29, 1.82) is 0 Å². The number of aromatic amines is 1. The minimum Gasteiger partial charge on any atom is -0.449 e. The number of hydrogen-bond acceptors (Lipinski definition) is 4. The molecule has 0 fully saturated rings. The van der Waals surface area contributed by atoms with Crippen LogP contribution in [0.3, 0.4) is 0 Å². The lowest BCUT2D eigenvalue weighted by molar-refractivity contribution is 0.159. The van der Waals surface area contributed by atoms with Crippen LogP contribution in [0.2, 0.25) is 0 Å². The van der Waals surface area contributed by atoms with Crippen LogP contribution in [0.4, 0.5) is 10.7 Å². The third-order valence-corrected chi connectivity index (χ3v) is 2.48. The van der Waals surface area contributed by atoms with Crippen LogP contribution >= 0.6 is 0 Å². The summed E-state index contributed by atoms with van der Waals surface area (Å²) in [6.45, 7) is 2.43. The number of aromatic nitrogens is 3. The first-order valence-corrected chi connectivity index (χ1v) is 6.21. The Kier molecular flexibility index (Phi) is 4.49. The summed E-state index contributed by atoms with van der Waals surface area (Å²) in [5, 5.41) is 9.15. The third-order valence-electron chi connectivity index (χ3n) is 2.48. The Morgan fingerprint density at radius 1 is 1.37 bits per heavy atom. The van der Waals surface area contributed by atoms with Crippen molar-refractivity contribution in [2.75, 3.05) is 11.9 Å². The predicted octanol–water partition coefficient (Wildman–Crippen LogP) is 2.82. The van der Waals surface area contributed by atoms with Crippen LogP contribution in [0.5, 0.6) is 0 Å². The number of carbonyl (C=O) groups is 1. The Morgan fingerprint density at radius 2 is 2.16 bits per heavy atom. The van der Waals surface area contributed by atoms with E-state index in [0.29, 0.717) is 12.4 Å². The molecule has 2 rings (SSSR count). The standard InChI is InChI=1S/C13H16N4O2/c1-2-3-9-19-13(18)15-12-14-11(16-17-12)10-7-5-4-6-8-10/h4-8H,2-3,9H2,1H3,(H2,14,15,16,17,18). The van der Waals surface area contributed by atoms with Crippen LogP contribution in [-0.4, -0.2) is 27.9 Å². The van der Waals surface area contributed by atoms with E-state index in [4.69, 9.17) is 4.74 Å². The summed E-state index contributed by atoms with van der Waals surface area (Å²) in [5.74, 6) is 0.810. The van der Waals surface area contributed by atoms with Gasteiger partial charge in [0, 0.05) is 5.56 Å². The summed E-state index contributed by atoms with van der Waals surface area (Å²) in [5.41, 5.74) is 0.905. The van der Waals surface area contributed by atoms with Gasteiger partial charge in [-0.1, -0.05) is 43.7 Å². The number of nitrogens with zero attached hydrogens (tertiary/aromatic N) is 2. The number of carbonyl (C=O) groups excluding carboxylic acids is 1. The van der Waals surface area contributed by atoms with Gasteiger partial charge in [0.1, 0.15) is 0 Å². The first-order chi connectivity index (χ1) is 9.29. The summed E-state index contributed by atoms with van der Waals surface area (Å²) in [6, 6.07) is 9.55. The van der Waals surface area contributed by atoms with E-state index >= 15 is 0 Å². The highest BCUT2D eigenvalue weighted by atomic mass is 16.5. The number of ether oxygens (including phenoxy) is 1. The van der Waals surface area contributed by atoms with Gasteiger partial charge in [0.05, 0.1) is 6.61 Å². The minimum atomic E-state index is -0.535. The molecule has 6 nitrogen and oxygen atoms in total. The molecule has 0 spiro atoms. The van der Waals surface area contributed by atoms with Crippen LogP contribution in [-0.2, 0) is 4.74 Å². The summed E-state index contributed by atoms with van der Waals surface area (Å²) in [4.78, 5) is 15.6. The van der Waals surface area contributed by atoms with Gasteiger partial charge in [0.2, 0.25) is 0 Å². The number of nitrogens with one attached hydrogen (secondary N) is 2. The van der Waals surface area contributed by atoms with Crippen molar-refractivity contribution in [2.45, 2.75) is 19.8 Å². The fraction of sp³-hybridized carbons (Fsp3) is 0.308. The maximum atomic E-state index is 11.4. The molecular weight excluding hydrogens is 244 g/mol. The van der Waals surface area contributed by atoms with Crippen molar-refractivity contribution >= 4 is 12.0 Å². The zero-order chi connectivity index (χ0) is 13.5. The van der Waals surface area contributed by atoms with E-state index in [1.807, 2.05) is 37.3 Å². The molecule has 1 amide bonds. The normalized spacial score (nSPS) is 10.2. The average Bonchev–Trinajstić information content (AvgIpc) is 2.88. The van der Waals surface area contributed by atoms with E-state index in [1.165, 1.54) is 0 Å². The van der Waals surface area contributed by atoms with Crippen molar-refractivity contribution < 1.29 is 9.53 Å². The van der Waals surface area contributed by atoms with E-state index in [0.717, 1.165) is 18.4 Å². The monoisotopic (exact) mass is 260 g/mol. The Hall–Kier alpha value is -2.37. The fourth-order valence-corrected chi connectivity index (χ4v) is 1.48. The SMILES string of the molecule is CCCCOC(=O)Nc1n[nH]c(-c2ccccc2)n1. The van der Waals surface area contributed by atoms with Gasteiger partial charge in [-0.25, -0.2) is 4.79 Å². The van der Waals surface area contributed by atoms with Crippen molar-refractivity contribution in [2.24, 2.45) is 0 Å². The van der Waals surface area contributed by atoms with Crippen LogP contribution in [0, 0.1) is 0 Å². The molecule has 100 valence electrons. The molecule has 0 bridgehead atoms. The van der Waals surface area contributed by atoms with E-state index in [1.54, 1.807) is 0 Å². The van der Waals surface area contributed by atoms with Crippen LogP contribution in [0.1, 0.15) is 19.8 Å². The van der Waals surface area contributed by atoms with Crippen molar-refractivity contribution in [3.63, 3.8) is 0 Å². The molecule has 1 heterocycles. The summed E-state index contributed by atoms with van der Waals surface area (Å²) in [7, 11) is 0. The molecule has 19 heavy (non-hydrogen) atoms. The van der Waals surface area contributed by atoms with Gasteiger partial charge >= 0.3 is 6.09 Å².